The topological polar surface area (TPSA) is 0 Å². The van der Waals surface area contributed by atoms with Gasteiger partial charge in [0.05, 0.1) is 0 Å². The summed E-state index contributed by atoms with van der Waals surface area (Å²) in [5.41, 5.74) is 2.05. The van der Waals surface area contributed by atoms with Crippen molar-refractivity contribution in [1.29, 1.82) is 0 Å². The van der Waals surface area contributed by atoms with E-state index in [-0.39, 0.29) is 0 Å². The van der Waals surface area contributed by atoms with Gasteiger partial charge in [0, 0.05) is 4.88 Å². The zero-order valence-electron chi connectivity index (χ0n) is 9.56. The lowest BCUT2D eigenvalue weighted by atomic mass is 9.87. The van der Waals surface area contributed by atoms with Gasteiger partial charge in [0.2, 0.25) is 0 Å². The summed E-state index contributed by atoms with van der Waals surface area (Å²) in [5.74, 6) is 0. The number of hydrogen-bond acceptors (Lipinski definition) is 1. The van der Waals surface area contributed by atoms with Crippen molar-refractivity contribution in [3.63, 3.8) is 0 Å². The van der Waals surface area contributed by atoms with E-state index in [0.717, 1.165) is 0 Å². The SMILES string of the molecule is CC(C)(C)c1csc(C(C)(C)C)c1. The van der Waals surface area contributed by atoms with E-state index in [1.165, 1.54) is 10.4 Å². The van der Waals surface area contributed by atoms with Crippen molar-refractivity contribution in [2.75, 3.05) is 0 Å². The van der Waals surface area contributed by atoms with E-state index in [4.69, 9.17) is 0 Å². The standard InChI is InChI=1S/C12H20S/c1-11(2,3)9-7-10(13-8-9)12(4,5)6/h7-8H,1-6H3. The molecule has 0 radical (unpaired) electrons. The highest BCUT2D eigenvalue weighted by atomic mass is 32.1. The van der Waals surface area contributed by atoms with Crippen molar-refractivity contribution in [3.05, 3.63) is 21.9 Å². The fourth-order valence-electron chi connectivity index (χ4n) is 1.12. The zero-order valence-corrected chi connectivity index (χ0v) is 10.4. The van der Waals surface area contributed by atoms with Crippen LogP contribution in [0.25, 0.3) is 0 Å². The highest BCUT2D eigenvalue weighted by molar-refractivity contribution is 7.10. The third-order valence-electron chi connectivity index (χ3n) is 2.20. The molecule has 0 amide bonds. The maximum atomic E-state index is 2.35. The molecule has 0 aliphatic heterocycles. The van der Waals surface area contributed by atoms with Crippen LogP contribution in [0.3, 0.4) is 0 Å². The first kappa shape index (κ1) is 10.8. The van der Waals surface area contributed by atoms with Gasteiger partial charge in [0.1, 0.15) is 0 Å². The predicted octanol–water partition coefficient (Wildman–Crippen LogP) is 4.34. The molecule has 0 fully saturated rings. The van der Waals surface area contributed by atoms with Crippen LogP contribution < -0.4 is 0 Å². The van der Waals surface area contributed by atoms with Crippen LogP contribution in [0.2, 0.25) is 0 Å². The molecule has 1 rings (SSSR count). The Bertz CT molecular complexity index is 252. The Morgan fingerprint density at radius 1 is 0.923 bits per heavy atom. The van der Waals surface area contributed by atoms with Gasteiger partial charge >= 0.3 is 0 Å². The smallest absolute Gasteiger partial charge is 0.0102 e. The summed E-state index contributed by atoms with van der Waals surface area (Å²) in [6.45, 7) is 13.6. The lowest BCUT2D eigenvalue weighted by molar-refractivity contribution is 0.581. The van der Waals surface area contributed by atoms with Crippen LogP contribution in [0, 0.1) is 0 Å². The molecule has 1 aromatic rings. The predicted molar refractivity (Wildman–Crippen MR) is 61.7 cm³/mol. The third kappa shape index (κ3) is 2.57. The number of thiophene rings is 1. The summed E-state index contributed by atoms with van der Waals surface area (Å²) < 4.78 is 0. The van der Waals surface area contributed by atoms with Gasteiger partial charge in [-0.05, 0) is 27.8 Å². The molecule has 0 aliphatic carbocycles. The van der Waals surface area contributed by atoms with Gasteiger partial charge in [-0.3, -0.25) is 0 Å². The second kappa shape index (κ2) is 3.13. The van der Waals surface area contributed by atoms with E-state index >= 15 is 0 Å². The van der Waals surface area contributed by atoms with E-state index < -0.39 is 0 Å². The fourth-order valence-corrected chi connectivity index (χ4v) is 2.35. The van der Waals surface area contributed by atoms with Crippen LogP contribution in [0.15, 0.2) is 11.4 Å². The van der Waals surface area contributed by atoms with Crippen LogP contribution >= 0.6 is 11.3 Å². The molecule has 0 saturated heterocycles. The summed E-state index contributed by atoms with van der Waals surface area (Å²) in [4.78, 5) is 1.48. The highest BCUT2D eigenvalue weighted by Crippen LogP contribution is 2.33. The summed E-state index contributed by atoms with van der Waals surface area (Å²) in [7, 11) is 0. The first-order valence-corrected chi connectivity index (χ1v) is 5.69. The first-order valence-electron chi connectivity index (χ1n) is 4.81. The van der Waals surface area contributed by atoms with Gasteiger partial charge < -0.3 is 0 Å². The molecule has 0 saturated carbocycles. The van der Waals surface area contributed by atoms with Crippen LogP contribution in [-0.4, -0.2) is 0 Å². The Kier molecular flexibility index (Phi) is 2.59. The average molecular weight is 196 g/mol. The second-order valence-electron chi connectivity index (χ2n) is 5.70. The van der Waals surface area contributed by atoms with E-state index in [9.17, 15) is 0 Å². The minimum Gasteiger partial charge on any atom is -0.148 e. The van der Waals surface area contributed by atoms with Crippen molar-refractivity contribution in [3.8, 4) is 0 Å². The molecule has 0 aromatic carbocycles. The number of rotatable bonds is 0. The first-order chi connectivity index (χ1) is 5.71. The van der Waals surface area contributed by atoms with Crippen molar-refractivity contribution >= 4 is 11.3 Å². The van der Waals surface area contributed by atoms with Gasteiger partial charge in [-0.15, -0.1) is 11.3 Å². The number of hydrogen-bond donors (Lipinski definition) is 0. The maximum absolute atomic E-state index is 2.35. The summed E-state index contributed by atoms with van der Waals surface area (Å²) in [6.07, 6.45) is 0. The molecule has 1 aromatic heterocycles. The van der Waals surface area contributed by atoms with Crippen LogP contribution in [-0.2, 0) is 10.8 Å². The second-order valence-corrected chi connectivity index (χ2v) is 6.61. The molecule has 0 N–H and O–H groups in total. The molecule has 0 atom stereocenters. The Labute approximate surface area is 86.0 Å². The minimum atomic E-state index is 0.292. The molecule has 0 unspecified atom stereocenters. The molecule has 74 valence electrons. The quantitative estimate of drug-likeness (QED) is 0.579. The van der Waals surface area contributed by atoms with Crippen LogP contribution in [0.1, 0.15) is 52.0 Å². The molecular weight excluding hydrogens is 176 g/mol. The Balaban J connectivity index is 3.01. The third-order valence-corrected chi connectivity index (χ3v) is 3.56. The molecular formula is C12H20S. The van der Waals surface area contributed by atoms with Gasteiger partial charge in [-0.1, -0.05) is 41.5 Å². The molecule has 0 bridgehead atoms. The van der Waals surface area contributed by atoms with Crippen molar-refractivity contribution in [2.45, 2.75) is 52.4 Å². The molecule has 1 heteroatoms. The van der Waals surface area contributed by atoms with Crippen LogP contribution in [0.5, 0.6) is 0 Å². The molecule has 1 heterocycles. The summed E-state index contributed by atoms with van der Waals surface area (Å²) in [6, 6.07) is 2.35. The Hall–Kier alpha value is -0.300. The van der Waals surface area contributed by atoms with Gasteiger partial charge in [-0.25, -0.2) is 0 Å². The van der Waals surface area contributed by atoms with E-state index in [2.05, 4.69) is 53.0 Å². The van der Waals surface area contributed by atoms with Crippen LogP contribution in [0.4, 0.5) is 0 Å². The molecule has 0 aliphatic rings. The summed E-state index contributed by atoms with van der Waals surface area (Å²) >= 11 is 1.88. The highest BCUT2D eigenvalue weighted by Gasteiger charge is 2.20. The summed E-state index contributed by atoms with van der Waals surface area (Å²) in [5, 5.41) is 2.29. The normalized spacial score (nSPS) is 13.4. The van der Waals surface area contributed by atoms with E-state index in [1.807, 2.05) is 11.3 Å². The largest absolute Gasteiger partial charge is 0.148 e. The molecule has 0 spiro atoms. The van der Waals surface area contributed by atoms with Gasteiger partial charge in [0.15, 0.2) is 0 Å². The molecule has 0 nitrogen and oxygen atoms in total. The van der Waals surface area contributed by atoms with Crippen molar-refractivity contribution in [1.82, 2.24) is 0 Å². The average Bonchev–Trinajstić information content (AvgIpc) is 2.28. The van der Waals surface area contributed by atoms with Crippen molar-refractivity contribution in [2.24, 2.45) is 0 Å². The van der Waals surface area contributed by atoms with E-state index in [1.54, 1.807) is 0 Å². The van der Waals surface area contributed by atoms with Gasteiger partial charge in [0.25, 0.3) is 0 Å². The Morgan fingerprint density at radius 2 is 1.46 bits per heavy atom. The van der Waals surface area contributed by atoms with Crippen molar-refractivity contribution < 1.29 is 0 Å². The maximum Gasteiger partial charge on any atom is 0.0102 e. The van der Waals surface area contributed by atoms with E-state index in [0.29, 0.717) is 10.8 Å². The minimum absolute atomic E-state index is 0.292. The zero-order chi connectivity index (χ0) is 10.3. The fraction of sp³-hybridized carbons (Fsp3) is 0.667. The van der Waals surface area contributed by atoms with Gasteiger partial charge in [-0.2, -0.15) is 0 Å². The Morgan fingerprint density at radius 3 is 1.69 bits per heavy atom. The monoisotopic (exact) mass is 196 g/mol. The lowest BCUT2D eigenvalue weighted by Crippen LogP contribution is -2.11. The molecule has 13 heavy (non-hydrogen) atoms. The lowest BCUT2D eigenvalue weighted by Gasteiger charge is -2.18.